The van der Waals surface area contributed by atoms with Gasteiger partial charge in [0.15, 0.2) is 17.5 Å². The number of halogens is 3. The molecule has 3 aromatic carbocycles. The Morgan fingerprint density at radius 3 is 2.45 bits per heavy atom. The minimum Gasteiger partial charge on any atom is -0.308 e. The van der Waals surface area contributed by atoms with Crippen LogP contribution in [0.2, 0.25) is 0 Å². The smallest absolute Gasteiger partial charge is 0.308 e. The molecule has 4 aromatic rings. The maximum Gasteiger partial charge on any atom is 0.323 e. The van der Waals surface area contributed by atoms with Crippen molar-refractivity contribution in [3.8, 4) is 10.6 Å². The van der Waals surface area contributed by atoms with E-state index >= 15 is 0 Å². The molecule has 0 aliphatic rings. The van der Waals surface area contributed by atoms with Crippen LogP contribution in [-0.4, -0.2) is 11.0 Å². The van der Waals surface area contributed by atoms with Gasteiger partial charge in [-0.25, -0.2) is 22.9 Å². The number of hydrogen-bond acceptors (Lipinski definition) is 3. The standard InChI is InChI=1S/C21H14F3N3OS/c1-11-2-8-15-17(10-11)29-20(26-15)12-3-5-13(6-4-12)25-21(28)27-16-9-7-14(22)18(23)19(16)24/h2-10H,1H3,(H2,25,27,28). The van der Waals surface area contributed by atoms with Crippen molar-refractivity contribution in [3.63, 3.8) is 0 Å². The lowest BCUT2D eigenvalue weighted by atomic mass is 10.2. The van der Waals surface area contributed by atoms with Crippen molar-refractivity contribution < 1.29 is 18.0 Å². The second-order valence-electron chi connectivity index (χ2n) is 6.37. The Morgan fingerprint density at radius 1 is 0.931 bits per heavy atom. The molecule has 1 heterocycles. The van der Waals surface area contributed by atoms with Gasteiger partial charge in [-0.05, 0) is 61.0 Å². The first-order valence-corrected chi connectivity index (χ1v) is 9.41. The van der Waals surface area contributed by atoms with Crippen LogP contribution in [-0.2, 0) is 0 Å². The molecule has 4 rings (SSSR count). The zero-order valence-corrected chi connectivity index (χ0v) is 15.9. The topological polar surface area (TPSA) is 54.0 Å². The first kappa shape index (κ1) is 18.9. The van der Waals surface area contributed by atoms with Crippen molar-refractivity contribution in [2.24, 2.45) is 0 Å². The monoisotopic (exact) mass is 413 g/mol. The van der Waals surface area contributed by atoms with Gasteiger partial charge in [0.2, 0.25) is 0 Å². The minimum absolute atomic E-state index is 0.450. The van der Waals surface area contributed by atoms with Crippen LogP contribution >= 0.6 is 11.3 Å². The number of carbonyl (C=O) groups is 1. The molecule has 0 radical (unpaired) electrons. The number of amides is 2. The molecule has 29 heavy (non-hydrogen) atoms. The number of benzene rings is 3. The number of nitrogens with zero attached hydrogens (tertiary/aromatic N) is 1. The Balaban J connectivity index is 1.47. The summed E-state index contributed by atoms with van der Waals surface area (Å²) in [5.74, 6) is -4.42. The summed E-state index contributed by atoms with van der Waals surface area (Å²) < 4.78 is 41.0. The Labute approximate surface area is 168 Å². The summed E-state index contributed by atoms with van der Waals surface area (Å²) in [5.41, 5.74) is 2.97. The van der Waals surface area contributed by atoms with E-state index in [1.54, 1.807) is 35.6 Å². The van der Waals surface area contributed by atoms with E-state index in [9.17, 15) is 18.0 Å². The van der Waals surface area contributed by atoms with Crippen molar-refractivity contribution in [3.05, 3.63) is 77.6 Å². The number of urea groups is 1. The molecular weight excluding hydrogens is 399 g/mol. The number of hydrogen-bond donors (Lipinski definition) is 2. The molecule has 0 spiro atoms. The van der Waals surface area contributed by atoms with E-state index in [0.29, 0.717) is 5.69 Å². The number of nitrogens with one attached hydrogen (secondary N) is 2. The first-order valence-electron chi connectivity index (χ1n) is 8.60. The highest BCUT2D eigenvalue weighted by Crippen LogP contribution is 2.31. The van der Waals surface area contributed by atoms with E-state index in [2.05, 4.69) is 21.7 Å². The van der Waals surface area contributed by atoms with Gasteiger partial charge >= 0.3 is 6.03 Å². The molecule has 8 heteroatoms. The van der Waals surface area contributed by atoms with Crippen LogP contribution < -0.4 is 10.6 Å². The molecule has 0 saturated carbocycles. The average molecular weight is 413 g/mol. The van der Waals surface area contributed by atoms with Crippen molar-refractivity contribution in [1.29, 1.82) is 0 Å². The fraction of sp³-hybridized carbons (Fsp3) is 0.0476. The molecule has 0 aliphatic heterocycles. The van der Waals surface area contributed by atoms with Crippen molar-refractivity contribution in [2.45, 2.75) is 6.92 Å². The SMILES string of the molecule is Cc1ccc2nc(-c3ccc(NC(=O)Nc4ccc(F)c(F)c4F)cc3)sc2c1. The van der Waals surface area contributed by atoms with Gasteiger partial charge < -0.3 is 10.6 Å². The lowest BCUT2D eigenvalue weighted by molar-refractivity contribution is 0.262. The third-order valence-corrected chi connectivity index (χ3v) is 5.28. The lowest BCUT2D eigenvalue weighted by Crippen LogP contribution is -2.20. The van der Waals surface area contributed by atoms with Crippen LogP contribution in [0.4, 0.5) is 29.3 Å². The Morgan fingerprint density at radius 2 is 1.69 bits per heavy atom. The normalized spacial score (nSPS) is 10.9. The maximum atomic E-state index is 13.7. The number of aromatic nitrogens is 1. The van der Waals surface area contributed by atoms with Crippen molar-refractivity contribution in [2.75, 3.05) is 10.6 Å². The molecule has 0 unspecified atom stereocenters. The summed E-state index contributed by atoms with van der Waals surface area (Å²) in [6.45, 7) is 2.02. The molecule has 0 aliphatic carbocycles. The number of anilines is 2. The zero-order valence-electron chi connectivity index (χ0n) is 15.1. The van der Waals surface area contributed by atoms with Gasteiger partial charge in [0.25, 0.3) is 0 Å². The second-order valence-corrected chi connectivity index (χ2v) is 7.40. The van der Waals surface area contributed by atoms with E-state index in [-0.39, 0.29) is 0 Å². The zero-order chi connectivity index (χ0) is 20.5. The number of thiazole rings is 1. The third-order valence-electron chi connectivity index (χ3n) is 4.22. The van der Waals surface area contributed by atoms with Gasteiger partial charge in [-0.3, -0.25) is 0 Å². The van der Waals surface area contributed by atoms with Crippen LogP contribution in [0, 0.1) is 24.4 Å². The predicted molar refractivity (Wildman–Crippen MR) is 109 cm³/mol. The summed E-state index contributed by atoms with van der Waals surface area (Å²) in [6.07, 6.45) is 0. The van der Waals surface area contributed by atoms with Crippen molar-refractivity contribution in [1.82, 2.24) is 4.98 Å². The van der Waals surface area contributed by atoms with Crippen LogP contribution in [0.3, 0.4) is 0 Å². The van der Waals surface area contributed by atoms with Gasteiger partial charge in [-0.2, -0.15) is 0 Å². The number of fused-ring (bicyclic) bond motifs is 1. The number of carbonyl (C=O) groups excluding carboxylic acids is 1. The molecule has 2 N–H and O–H groups in total. The highest BCUT2D eigenvalue weighted by molar-refractivity contribution is 7.21. The van der Waals surface area contributed by atoms with Crippen molar-refractivity contribution >= 4 is 39.0 Å². The highest BCUT2D eigenvalue weighted by Gasteiger charge is 2.15. The maximum absolute atomic E-state index is 13.7. The van der Waals surface area contributed by atoms with E-state index in [0.717, 1.165) is 38.5 Å². The lowest BCUT2D eigenvalue weighted by Gasteiger charge is -2.09. The van der Waals surface area contributed by atoms with E-state index in [4.69, 9.17) is 0 Å². The van der Waals surface area contributed by atoms with Gasteiger partial charge in [0.05, 0.1) is 15.9 Å². The molecular formula is C21H14F3N3OS. The van der Waals surface area contributed by atoms with Gasteiger partial charge in [-0.1, -0.05) is 6.07 Å². The summed E-state index contributed by atoms with van der Waals surface area (Å²) in [4.78, 5) is 16.6. The largest absolute Gasteiger partial charge is 0.323 e. The molecule has 1 aromatic heterocycles. The summed E-state index contributed by atoms with van der Waals surface area (Å²) >= 11 is 1.57. The van der Waals surface area contributed by atoms with E-state index in [1.165, 1.54) is 0 Å². The van der Waals surface area contributed by atoms with E-state index < -0.39 is 29.2 Å². The quantitative estimate of drug-likeness (QED) is 0.386. The fourth-order valence-corrected chi connectivity index (χ4v) is 3.83. The average Bonchev–Trinajstić information content (AvgIpc) is 3.12. The highest BCUT2D eigenvalue weighted by atomic mass is 32.1. The summed E-state index contributed by atoms with van der Waals surface area (Å²) in [5, 5.41) is 5.52. The molecule has 0 bridgehead atoms. The molecule has 0 fully saturated rings. The Kier molecular flexibility index (Phi) is 4.94. The van der Waals surface area contributed by atoms with Gasteiger partial charge in [0.1, 0.15) is 5.01 Å². The minimum atomic E-state index is -1.64. The summed E-state index contributed by atoms with van der Waals surface area (Å²) in [7, 11) is 0. The van der Waals surface area contributed by atoms with Crippen LogP contribution in [0.5, 0.6) is 0 Å². The predicted octanol–water partition coefficient (Wildman–Crippen LogP) is 6.33. The molecule has 4 nitrogen and oxygen atoms in total. The Hall–Kier alpha value is -3.39. The van der Waals surface area contributed by atoms with Crippen LogP contribution in [0.15, 0.2) is 54.6 Å². The van der Waals surface area contributed by atoms with Crippen LogP contribution in [0.1, 0.15) is 5.56 Å². The number of aryl methyl sites for hydroxylation is 1. The Bertz CT molecular complexity index is 1220. The van der Waals surface area contributed by atoms with Crippen LogP contribution in [0.25, 0.3) is 20.8 Å². The third kappa shape index (κ3) is 3.93. The van der Waals surface area contributed by atoms with E-state index in [1.807, 2.05) is 19.1 Å². The number of rotatable bonds is 3. The fourth-order valence-electron chi connectivity index (χ4n) is 2.76. The molecule has 146 valence electrons. The molecule has 0 saturated heterocycles. The second kappa shape index (κ2) is 7.56. The summed E-state index contributed by atoms with van der Waals surface area (Å²) in [6, 6.07) is 13.9. The molecule has 2 amide bonds. The van der Waals surface area contributed by atoms with Gasteiger partial charge in [0, 0.05) is 11.3 Å². The van der Waals surface area contributed by atoms with Gasteiger partial charge in [-0.15, -0.1) is 11.3 Å². The molecule has 0 atom stereocenters. The first-order chi connectivity index (χ1) is 13.9.